The van der Waals surface area contributed by atoms with Crippen molar-refractivity contribution in [2.75, 3.05) is 51.3 Å². The molecule has 3 heterocycles. The Hall–Kier alpha value is -1.44. The van der Waals surface area contributed by atoms with Crippen molar-refractivity contribution in [2.24, 2.45) is 0 Å². The van der Waals surface area contributed by atoms with Crippen LogP contribution in [-0.2, 0) is 0 Å². The van der Waals surface area contributed by atoms with Crippen LogP contribution < -0.4 is 11.1 Å². The van der Waals surface area contributed by atoms with E-state index in [4.69, 9.17) is 5.73 Å². The minimum Gasteiger partial charge on any atom is -0.368 e. The maximum absolute atomic E-state index is 5.77. The number of nitrogens with one attached hydrogen (secondary N) is 1. The van der Waals surface area contributed by atoms with Gasteiger partial charge in [0.2, 0.25) is 5.95 Å². The fourth-order valence-electron chi connectivity index (χ4n) is 2.54. The number of hydrogen-bond acceptors (Lipinski definition) is 7. The largest absolute Gasteiger partial charge is 0.368 e. The molecule has 0 aliphatic carbocycles. The fourth-order valence-corrected chi connectivity index (χ4v) is 3.31. The normalized spacial score (nSPS) is 21.4. The molecule has 20 heavy (non-hydrogen) atoms. The van der Waals surface area contributed by atoms with Gasteiger partial charge in [-0.25, -0.2) is 4.98 Å². The van der Waals surface area contributed by atoms with E-state index in [1.807, 2.05) is 11.4 Å². The van der Waals surface area contributed by atoms with Crippen LogP contribution in [0.3, 0.4) is 0 Å². The predicted molar refractivity (Wildman–Crippen MR) is 84.2 cm³/mol. The van der Waals surface area contributed by atoms with E-state index in [0.29, 0.717) is 12.0 Å². The molecule has 7 heteroatoms. The molecule has 1 atom stereocenters. The van der Waals surface area contributed by atoms with Gasteiger partial charge in [-0.05, 0) is 25.5 Å². The van der Waals surface area contributed by atoms with E-state index in [-0.39, 0.29) is 0 Å². The molecule has 6 nitrogen and oxygen atoms in total. The third-order valence-electron chi connectivity index (χ3n) is 3.83. The van der Waals surface area contributed by atoms with Crippen molar-refractivity contribution in [3.8, 4) is 0 Å². The number of hydrogen-bond donors (Lipinski definition) is 2. The molecule has 3 N–H and O–H groups in total. The number of anilines is 2. The summed E-state index contributed by atoms with van der Waals surface area (Å²) in [5, 5.41) is 6.51. The van der Waals surface area contributed by atoms with Crippen LogP contribution in [0.4, 0.5) is 11.8 Å². The molecule has 0 aromatic carbocycles. The van der Waals surface area contributed by atoms with Crippen molar-refractivity contribution in [1.82, 2.24) is 19.8 Å². The van der Waals surface area contributed by atoms with Crippen LogP contribution in [0, 0.1) is 0 Å². The highest BCUT2D eigenvalue weighted by Gasteiger charge is 2.22. The molecule has 3 rings (SSSR count). The molecule has 1 aliphatic heterocycles. The van der Waals surface area contributed by atoms with E-state index in [1.165, 1.54) is 0 Å². The third kappa shape index (κ3) is 2.70. The molecule has 1 aliphatic rings. The van der Waals surface area contributed by atoms with Crippen LogP contribution in [0.2, 0.25) is 0 Å². The van der Waals surface area contributed by atoms with Crippen LogP contribution >= 0.6 is 11.3 Å². The van der Waals surface area contributed by atoms with Crippen molar-refractivity contribution in [1.29, 1.82) is 0 Å². The smallest absolute Gasteiger partial charge is 0.223 e. The van der Waals surface area contributed by atoms with Crippen molar-refractivity contribution in [3.05, 3.63) is 11.4 Å². The van der Waals surface area contributed by atoms with Gasteiger partial charge in [-0.15, -0.1) is 11.3 Å². The molecule has 0 saturated carbocycles. The number of thiophene rings is 1. The molecular weight excluding hydrogens is 272 g/mol. The third-order valence-corrected chi connectivity index (χ3v) is 4.63. The van der Waals surface area contributed by atoms with Gasteiger partial charge in [0, 0.05) is 32.2 Å². The van der Waals surface area contributed by atoms with Crippen LogP contribution in [0.25, 0.3) is 10.2 Å². The average Bonchev–Trinajstić information content (AvgIpc) is 2.87. The highest BCUT2D eigenvalue weighted by atomic mass is 32.1. The van der Waals surface area contributed by atoms with E-state index in [9.17, 15) is 0 Å². The van der Waals surface area contributed by atoms with Crippen molar-refractivity contribution >= 4 is 33.3 Å². The van der Waals surface area contributed by atoms with E-state index in [2.05, 4.69) is 39.2 Å². The zero-order valence-electron chi connectivity index (χ0n) is 11.8. The lowest BCUT2D eigenvalue weighted by molar-refractivity contribution is 0.122. The summed E-state index contributed by atoms with van der Waals surface area (Å²) in [5.41, 5.74) is 5.77. The highest BCUT2D eigenvalue weighted by molar-refractivity contribution is 7.16. The number of nitrogens with two attached hydrogens (primary N) is 1. The second kappa shape index (κ2) is 5.51. The number of nitrogen functional groups attached to an aromatic ring is 1. The first-order valence-electron chi connectivity index (χ1n) is 6.77. The SMILES string of the molecule is CN1CCN(C)C(CNc2nc(N)nc3sccc23)C1. The number of aromatic nitrogens is 2. The zero-order valence-corrected chi connectivity index (χ0v) is 12.7. The standard InChI is InChI=1S/C13H20N6S/c1-18-4-5-19(2)9(8-18)7-15-11-10-3-6-20-12(10)17-13(14)16-11/h3,6,9H,4-5,7-8H2,1-2H3,(H3,14,15,16,17). The lowest BCUT2D eigenvalue weighted by Gasteiger charge is -2.37. The molecule has 0 bridgehead atoms. The Labute approximate surface area is 122 Å². The second-order valence-corrected chi connectivity index (χ2v) is 6.24. The summed E-state index contributed by atoms with van der Waals surface area (Å²) in [6.45, 7) is 4.16. The maximum Gasteiger partial charge on any atom is 0.223 e. The zero-order chi connectivity index (χ0) is 14.1. The Morgan fingerprint density at radius 2 is 2.25 bits per heavy atom. The quantitative estimate of drug-likeness (QED) is 0.877. The lowest BCUT2D eigenvalue weighted by Crippen LogP contribution is -2.52. The van der Waals surface area contributed by atoms with E-state index in [0.717, 1.165) is 42.2 Å². The summed E-state index contributed by atoms with van der Waals surface area (Å²) in [7, 11) is 4.34. The van der Waals surface area contributed by atoms with Gasteiger partial charge < -0.3 is 16.0 Å². The number of likely N-dealkylation sites (N-methyl/N-ethyl adjacent to an activating group) is 2. The van der Waals surface area contributed by atoms with Gasteiger partial charge in [-0.3, -0.25) is 4.90 Å². The predicted octanol–water partition coefficient (Wildman–Crippen LogP) is 0.931. The van der Waals surface area contributed by atoms with Gasteiger partial charge in [0.1, 0.15) is 10.6 Å². The first kappa shape index (κ1) is 13.5. The highest BCUT2D eigenvalue weighted by Crippen LogP contribution is 2.25. The summed E-state index contributed by atoms with van der Waals surface area (Å²) in [6, 6.07) is 2.53. The van der Waals surface area contributed by atoms with Crippen LogP contribution in [-0.4, -0.2) is 66.1 Å². The van der Waals surface area contributed by atoms with Crippen molar-refractivity contribution < 1.29 is 0 Å². The van der Waals surface area contributed by atoms with Gasteiger partial charge in [0.05, 0.1) is 5.39 Å². The number of piperazine rings is 1. The Balaban J connectivity index is 1.74. The summed E-state index contributed by atoms with van der Waals surface area (Å²) < 4.78 is 0. The molecule has 1 fully saturated rings. The molecule has 108 valence electrons. The summed E-state index contributed by atoms with van der Waals surface area (Å²) in [6.07, 6.45) is 0. The Morgan fingerprint density at radius 1 is 1.40 bits per heavy atom. The summed E-state index contributed by atoms with van der Waals surface area (Å²) in [4.78, 5) is 14.3. The number of rotatable bonds is 3. The molecule has 2 aromatic heterocycles. The van der Waals surface area contributed by atoms with Gasteiger partial charge in [0.15, 0.2) is 0 Å². The van der Waals surface area contributed by atoms with E-state index >= 15 is 0 Å². The lowest BCUT2D eigenvalue weighted by atomic mass is 10.2. The molecule has 1 unspecified atom stereocenters. The Kier molecular flexibility index (Phi) is 3.73. The topological polar surface area (TPSA) is 70.3 Å². The van der Waals surface area contributed by atoms with E-state index in [1.54, 1.807) is 11.3 Å². The van der Waals surface area contributed by atoms with Crippen molar-refractivity contribution in [2.45, 2.75) is 6.04 Å². The molecule has 1 saturated heterocycles. The number of nitrogens with zero attached hydrogens (tertiary/aromatic N) is 4. The second-order valence-electron chi connectivity index (χ2n) is 5.35. The van der Waals surface area contributed by atoms with Crippen molar-refractivity contribution in [3.63, 3.8) is 0 Å². The Morgan fingerprint density at radius 3 is 3.10 bits per heavy atom. The molecular formula is C13H20N6S. The monoisotopic (exact) mass is 292 g/mol. The molecule has 0 amide bonds. The number of fused-ring (bicyclic) bond motifs is 1. The average molecular weight is 292 g/mol. The summed E-state index contributed by atoms with van der Waals surface area (Å²) in [5.74, 6) is 1.17. The van der Waals surface area contributed by atoms with Gasteiger partial charge >= 0.3 is 0 Å². The molecule has 2 aromatic rings. The minimum atomic E-state index is 0.330. The first-order chi connectivity index (χ1) is 9.63. The van der Waals surface area contributed by atoms with E-state index < -0.39 is 0 Å². The summed E-state index contributed by atoms with van der Waals surface area (Å²) >= 11 is 1.59. The Bertz CT molecular complexity index is 598. The van der Waals surface area contributed by atoms with Crippen LogP contribution in [0.1, 0.15) is 0 Å². The van der Waals surface area contributed by atoms with Crippen LogP contribution in [0.5, 0.6) is 0 Å². The first-order valence-corrected chi connectivity index (χ1v) is 7.65. The van der Waals surface area contributed by atoms with Gasteiger partial charge in [0.25, 0.3) is 0 Å². The molecule has 0 radical (unpaired) electrons. The van der Waals surface area contributed by atoms with Gasteiger partial charge in [-0.1, -0.05) is 0 Å². The molecule has 0 spiro atoms. The van der Waals surface area contributed by atoms with Crippen LogP contribution in [0.15, 0.2) is 11.4 Å². The fraction of sp³-hybridized carbons (Fsp3) is 0.538. The minimum absolute atomic E-state index is 0.330. The van der Waals surface area contributed by atoms with Gasteiger partial charge in [-0.2, -0.15) is 4.98 Å². The maximum atomic E-state index is 5.77.